The van der Waals surface area contributed by atoms with E-state index in [1.807, 2.05) is 0 Å². The molecule has 23 heavy (non-hydrogen) atoms. The maximum absolute atomic E-state index is 12.9. The van der Waals surface area contributed by atoms with Crippen LogP contribution in [0.5, 0.6) is 0 Å². The van der Waals surface area contributed by atoms with Crippen molar-refractivity contribution in [3.63, 3.8) is 0 Å². The van der Waals surface area contributed by atoms with E-state index in [4.69, 9.17) is 10.2 Å². The van der Waals surface area contributed by atoms with Crippen LogP contribution in [0.15, 0.2) is 33.6 Å². The van der Waals surface area contributed by atoms with Gasteiger partial charge in [-0.2, -0.15) is 0 Å². The van der Waals surface area contributed by atoms with Crippen LogP contribution >= 0.6 is 0 Å². The van der Waals surface area contributed by atoms with Crippen molar-refractivity contribution in [1.29, 1.82) is 0 Å². The lowest BCUT2D eigenvalue weighted by atomic mass is 10.1. The number of furan rings is 1. The minimum absolute atomic E-state index is 0.0584. The predicted molar refractivity (Wildman–Crippen MR) is 79.2 cm³/mol. The van der Waals surface area contributed by atoms with Crippen molar-refractivity contribution in [2.75, 3.05) is 4.72 Å². The highest BCUT2D eigenvalue weighted by Gasteiger charge is 2.28. The van der Waals surface area contributed by atoms with Gasteiger partial charge in [-0.3, -0.25) is 9.59 Å². The number of amides is 1. The number of anilines is 1. The molecule has 2 rings (SSSR count). The molecule has 0 atom stereocenters. The Morgan fingerprint density at radius 2 is 1.74 bits per heavy atom. The molecule has 0 radical (unpaired) electrons. The number of hydrogen-bond acceptors (Lipinski definition) is 5. The SMILES string of the molecule is CC(=O)c1c(C)oc(NS(=O)(=O)c2ccc(F)cc2)c1C(N)=O. The van der Waals surface area contributed by atoms with Crippen LogP contribution in [0.25, 0.3) is 0 Å². The third kappa shape index (κ3) is 3.24. The third-order valence-corrected chi connectivity index (χ3v) is 4.38. The van der Waals surface area contributed by atoms with E-state index in [2.05, 4.69) is 4.72 Å². The summed E-state index contributed by atoms with van der Waals surface area (Å²) >= 11 is 0. The molecule has 0 aliphatic rings. The Balaban J connectivity index is 2.51. The number of sulfonamides is 1. The van der Waals surface area contributed by atoms with Crippen molar-refractivity contribution in [3.05, 3.63) is 47.0 Å². The van der Waals surface area contributed by atoms with Gasteiger partial charge < -0.3 is 10.2 Å². The molecular weight excluding hydrogens is 327 g/mol. The second-order valence-corrected chi connectivity index (χ2v) is 6.40. The summed E-state index contributed by atoms with van der Waals surface area (Å²) < 4.78 is 44.6. The Hall–Kier alpha value is -2.68. The van der Waals surface area contributed by atoms with Crippen molar-refractivity contribution < 1.29 is 26.8 Å². The van der Waals surface area contributed by atoms with Crippen molar-refractivity contribution in [2.24, 2.45) is 5.73 Å². The molecule has 0 spiro atoms. The highest BCUT2D eigenvalue weighted by atomic mass is 32.2. The summed E-state index contributed by atoms with van der Waals surface area (Å²) in [7, 11) is -4.14. The van der Waals surface area contributed by atoms with E-state index in [0.29, 0.717) is 0 Å². The van der Waals surface area contributed by atoms with Gasteiger partial charge in [-0.15, -0.1) is 0 Å². The zero-order valence-corrected chi connectivity index (χ0v) is 13.0. The quantitative estimate of drug-likeness (QED) is 0.805. The number of carbonyl (C=O) groups excluding carboxylic acids is 2. The van der Waals surface area contributed by atoms with E-state index >= 15 is 0 Å². The number of nitrogens with two attached hydrogens (primary N) is 1. The number of benzene rings is 1. The van der Waals surface area contributed by atoms with Gasteiger partial charge in [0.05, 0.1) is 10.5 Å². The molecule has 3 N–H and O–H groups in total. The standard InChI is InChI=1S/C14H13FN2O5S/c1-7(18)11-8(2)22-14(12(11)13(16)19)17-23(20,21)10-5-3-9(15)4-6-10/h3-6,17H,1-2H3,(H2,16,19). The number of aryl methyl sites for hydroxylation is 1. The molecule has 1 aromatic carbocycles. The second kappa shape index (κ2) is 5.84. The molecule has 1 aromatic heterocycles. The number of halogens is 1. The van der Waals surface area contributed by atoms with Gasteiger partial charge in [0.15, 0.2) is 5.78 Å². The summed E-state index contributed by atoms with van der Waals surface area (Å²) in [5, 5.41) is 0. The average molecular weight is 340 g/mol. The van der Waals surface area contributed by atoms with Gasteiger partial charge >= 0.3 is 0 Å². The molecule has 0 fully saturated rings. The summed E-state index contributed by atoms with van der Waals surface area (Å²) in [6.45, 7) is 2.60. The molecule has 0 saturated heterocycles. The van der Waals surface area contributed by atoms with Crippen LogP contribution in [0, 0.1) is 12.7 Å². The largest absolute Gasteiger partial charge is 0.443 e. The zero-order valence-electron chi connectivity index (χ0n) is 12.2. The highest BCUT2D eigenvalue weighted by Crippen LogP contribution is 2.29. The molecule has 7 nitrogen and oxygen atoms in total. The Morgan fingerprint density at radius 3 is 2.22 bits per heavy atom. The van der Waals surface area contributed by atoms with Crippen LogP contribution in [0.4, 0.5) is 10.3 Å². The normalized spacial score (nSPS) is 11.3. The molecule has 0 saturated carbocycles. The summed E-state index contributed by atoms with van der Waals surface area (Å²) in [5.41, 5.74) is 4.77. The minimum Gasteiger partial charge on any atom is -0.443 e. The maximum atomic E-state index is 12.9. The molecule has 9 heteroatoms. The first kappa shape index (κ1) is 16.7. The van der Waals surface area contributed by atoms with Crippen LogP contribution in [0.3, 0.4) is 0 Å². The van der Waals surface area contributed by atoms with E-state index in [1.54, 1.807) is 0 Å². The van der Waals surface area contributed by atoms with Gasteiger partial charge in [0.25, 0.3) is 15.9 Å². The molecule has 0 unspecified atom stereocenters. The summed E-state index contributed by atoms with van der Waals surface area (Å²) in [5.74, 6) is -2.50. The molecule has 1 amide bonds. The van der Waals surface area contributed by atoms with Gasteiger partial charge in [0.1, 0.15) is 17.1 Å². The van der Waals surface area contributed by atoms with Crippen LogP contribution in [-0.4, -0.2) is 20.1 Å². The first-order chi connectivity index (χ1) is 10.6. The van der Waals surface area contributed by atoms with Gasteiger partial charge in [-0.05, 0) is 38.1 Å². The Labute approximate surface area is 131 Å². The lowest BCUT2D eigenvalue weighted by Gasteiger charge is -2.06. The molecule has 0 aliphatic heterocycles. The maximum Gasteiger partial charge on any atom is 0.264 e. The fourth-order valence-corrected chi connectivity index (χ4v) is 3.07. The molecule has 0 bridgehead atoms. The summed E-state index contributed by atoms with van der Waals surface area (Å²) in [4.78, 5) is 22.9. The van der Waals surface area contributed by atoms with Crippen LogP contribution < -0.4 is 10.5 Å². The topological polar surface area (TPSA) is 119 Å². The van der Waals surface area contributed by atoms with E-state index in [0.717, 1.165) is 24.3 Å². The first-order valence-corrected chi connectivity index (χ1v) is 7.84. The predicted octanol–water partition coefficient (Wildman–Crippen LogP) is 1.83. The molecule has 122 valence electrons. The van der Waals surface area contributed by atoms with Crippen molar-refractivity contribution in [2.45, 2.75) is 18.7 Å². The Bertz CT molecular complexity index is 885. The monoisotopic (exact) mass is 340 g/mol. The Kier molecular flexibility index (Phi) is 4.24. The number of Topliss-reactive ketones (excluding diaryl/α,β-unsaturated/α-hetero) is 1. The minimum atomic E-state index is -4.14. The fraction of sp³-hybridized carbons (Fsp3) is 0.143. The third-order valence-electron chi connectivity index (χ3n) is 3.03. The number of rotatable bonds is 5. The molecular formula is C14H13FN2O5S. The number of primary amides is 1. The average Bonchev–Trinajstić information content (AvgIpc) is 2.75. The number of carbonyl (C=O) groups is 2. The lowest BCUT2D eigenvalue weighted by Crippen LogP contribution is -2.19. The van der Waals surface area contributed by atoms with Crippen molar-refractivity contribution >= 4 is 27.6 Å². The smallest absolute Gasteiger partial charge is 0.264 e. The van der Waals surface area contributed by atoms with E-state index in [-0.39, 0.29) is 21.8 Å². The second-order valence-electron chi connectivity index (χ2n) is 4.72. The van der Waals surface area contributed by atoms with E-state index in [9.17, 15) is 22.4 Å². The Morgan fingerprint density at radius 1 is 1.17 bits per heavy atom. The van der Waals surface area contributed by atoms with E-state index in [1.165, 1.54) is 13.8 Å². The lowest BCUT2D eigenvalue weighted by molar-refractivity contribution is 0.0974. The number of hydrogen-bond donors (Lipinski definition) is 2. The summed E-state index contributed by atoms with van der Waals surface area (Å²) in [6.07, 6.45) is 0. The van der Waals surface area contributed by atoms with Crippen molar-refractivity contribution in [3.8, 4) is 0 Å². The zero-order chi connectivity index (χ0) is 17.4. The van der Waals surface area contributed by atoms with Crippen LogP contribution in [0.1, 0.15) is 33.4 Å². The van der Waals surface area contributed by atoms with Gasteiger partial charge in [0.2, 0.25) is 5.88 Å². The van der Waals surface area contributed by atoms with Gasteiger partial charge in [-0.25, -0.2) is 17.5 Å². The van der Waals surface area contributed by atoms with Crippen LogP contribution in [0.2, 0.25) is 0 Å². The molecule has 2 aromatic rings. The van der Waals surface area contributed by atoms with E-state index < -0.39 is 33.4 Å². The highest BCUT2D eigenvalue weighted by molar-refractivity contribution is 7.92. The summed E-state index contributed by atoms with van der Waals surface area (Å²) in [6, 6.07) is 4.03. The van der Waals surface area contributed by atoms with Gasteiger partial charge in [-0.1, -0.05) is 0 Å². The first-order valence-electron chi connectivity index (χ1n) is 6.36. The number of ketones is 1. The number of nitrogens with one attached hydrogen (secondary N) is 1. The van der Waals surface area contributed by atoms with Gasteiger partial charge in [0, 0.05) is 0 Å². The van der Waals surface area contributed by atoms with Crippen molar-refractivity contribution in [1.82, 2.24) is 0 Å². The van der Waals surface area contributed by atoms with Crippen LogP contribution in [-0.2, 0) is 10.0 Å². The molecule has 1 heterocycles. The fourth-order valence-electron chi connectivity index (χ4n) is 2.07. The molecule has 0 aliphatic carbocycles.